The Balaban J connectivity index is 2.02. The molecule has 20 heavy (non-hydrogen) atoms. The molecule has 1 saturated heterocycles. The van der Waals surface area contributed by atoms with E-state index in [4.69, 9.17) is 0 Å². The number of anilines is 1. The average Bonchev–Trinajstić information content (AvgIpc) is 2.44. The topological polar surface area (TPSA) is 45.2 Å². The van der Waals surface area contributed by atoms with Crippen LogP contribution in [-0.2, 0) is 0 Å². The number of amides is 1. The molecule has 2 heterocycles. The van der Waals surface area contributed by atoms with Crippen LogP contribution in [0.4, 0.5) is 5.69 Å². The summed E-state index contributed by atoms with van der Waals surface area (Å²) in [6.45, 7) is 4.78. The second-order valence-corrected chi connectivity index (χ2v) is 5.42. The summed E-state index contributed by atoms with van der Waals surface area (Å²) in [5.41, 5.74) is 1.55. The number of hydrogen-bond acceptors (Lipinski definition) is 3. The maximum Gasteiger partial charge on any atom is 0.272 e. The third kappa shape index (κ3) is 4.22. The first kappa shape index (κ1) is 14.8. The molecule has 1 aromatic heterocycles. The number of likely N-dealkylation sites (tertiary alicyclic amines) is 1. The second kappa shape index (κ2) is 7.88. The molecule has 110 valence electrons. The number of hydrogen-bond donors (Lipinski definition) is 1. The van der Waals surface area contributed by atoms with Gasteiger partial charge >= 0.3 is 0 Å². The first-order valence-electron chi connectivity index (χ1n) is 7.80. The van der Waals surface area contributed by atoms with Crippen LogP contribution < -0.4 is 5.32 Å². The molecule has 0 aromatic carbocycles. The maximum atomic E-state index is 12.5. The van der Waals surface area contributed by atoms with Crippen molar-refractivity contribution in [3.05, 3.63) is 24.0 Å². The molecule has 0 radical (unpaired) electrons. The van der Waals surface area contributed by atoms with Crippen molar-refractivity contribution in [2.45, 2.75) is 45.4 Å². The Morgan fingerprint density at radius 3 is 2.65 bits per heavy atom. The van der Waals surface area contributed by atoms with Crippen LogP contribution in [0, 0.1) is 0 Å². The van der Waals surface area contributed by atoms with Gasteiger partial charge in [0.2, 0.25) is 0 Å². The fourth-order valence-electron chi connectivity index (χ4n) is 2.54. The molecule has 1 fully saturated rings. The molecular weight excluding hydrogens is 250 g/mol. The highest BCUT2D eigenvalue weighted by molar-refractivity contribution is 5.93. The lowest BCUT2D eigenvalue weighted by atomic mass is 10.1. The van der Waals surface area contributed by atoms with Gasteiger partial charge in [0.05, 0.1) is 0 Å². The van der Waals surface area contributed by atoms with Gasteiger partial charge in [-0.3, -0.25) is 9.78 Å². The fourth-order valence-corrected chi connectivity index (χ4v) is 2.54. The molecule has 1 aliphatic heterocycles. The van der Waals surface area contributed by atoms with Gasteiger partial charge in [0.1, 0.15) is 5.69 Å². The molecule has 0 saturated carbocycles. The third-order valence-electron chi connectivity index (χ3n) is 3.70. The summed E-state index contributed by atoms with van der Waals surface area (Å²) in [4.78, 5) is 18.7. The van der Waals surface area contributed by atoms with Gasteiger partial charge in [-0.1, -0.05) is 26.2 Å². The summed E-state index contributed by atoms with van der Waals surface area (Å²) in [5, 5.41) is 3.30. The zero-order valence-electron chi connectivity index (χ0n) is 12.4. The minimum Gasteiger partial charge on any atom is -0.385 e. The molecule has 1 aliphatic rings. The van der Waals surface area contributed by atoms with E-state index in [0.29, 0.717) is 5.69 Å². The van der Waals surface area contributed by atoms with Crippen molar-refractivity contribution in [2.24, 2.45) is 0 Å². The summed E-state index contributed by atoms with van der Waals surface area (Å²) < 4.78 is 0. The largest absolute Gasteiger partial charge is 0.385 e. The maximum absolute atomic E-state index is 12.5. The van der Waals surface area contributed by atoms with E-state index in [9.17, 15) is 4.79 Å². The summed E-state index contributed by atoms with van der Waals surface area (Å²) in [7, 11) is 0. The highest BCUT2D eigenvalue weighted by atomic mass is 16.2. The minimum atomic E-state index is 0.0760. The Morgan fingerprint density at radius 1 is 1.25 bits per heavy atom. The van der Waals surface area contributed by atoms with Crippen LogP contribution in [0.25, 0.3) is 0 Å². The fraction of sp³-hybridized carbons (Fsp3) is 0.625. The Morgan fingerprint density at radius 2 is 1.95 bits per heavy atom. The summed E-state index contributed by atoms with van der Waals surface area (Å²) in [6, 6.07) is 3.79. The lowest BCUT2D eigenvalue weighted by Gasteiger charge is -2.24. The van der Waals surface area contributed by atoms with E-state index in [1.54, 1.807) is 6.20 Å². The van der Waals surface area contributed by atoms with Crippen LogP contribution in [-0.4, -0.2) is 35.4 Å². The molecular formula is C16H25N3O. The number of nitrogens with one attached hydrogen (secondary N) is 1. The lowest BCUT2D eigenvalue weighted by Crippen LogP contribution is -2.34. The van der Waals surface area contributed by atoms with Gasteiger partial charge in [-0.25, -0.2) is 0 Å². The molecule has 1 N–H and O–H groups in total. The number of rotatable bonds is 4. The third-order valence-corrected chi connectivity index (χ3v) is 3.70. The van der Waals surface area contributed by atoms with E-state index in [1.165, 1.54) is 19.3 Å². The van der Waals surface area contributed by atoms with E-state index in [1.807, 2.05) is 17.0 Å². The second-order valence-electron chi connectivity index (χ2n) is 5.42. The van der Waals surface area contributed by atoms with E-state index in [0.717, 1.165) is 44.6 Å². The highest BCUT2D eigenvalue weighted by Crippen LogP contribution is 2.14. The van der Waals surface area contributed by atoms with Crippen LogP contribution in [0.3, 0.4) is 0 Å². The first-order chi connectivity index (χ1) is 9.81. The van der Waals surface area contributed by atoms with Crippen LogP contribution in [0.15, 0.2) is 18.3 Å². The van der Waals surface area contributed by atoms with E-state index in [2.05, 4.69) is 17.2 Å². The highest BCUT2D eigenvalue weighted by Gasteiger charge is 2.17. The zero-order chi connectivity index (χ0) is 14.2. The van der Waals surface area contributed by atoms with Crippen molar-refractivity contribution in [1.82, 2.24) is 9.88 Å². The summed E-state index contributed by atoms with van der Waals surface area (Å²) >= 11 is 0. The van der Waals surface area contributed by atoms with Crippen LogP contribution in [0.1, 0.15) is 55.9 Å². The van der Waals surface area contributed by atoms with Gasteiger partial charge in [0, 0.05) is 31.5 Å². The number of nitrogens with zero attached hydrogens (tertiary/aromatic N) is 2. The van der Waals surface area contributed by atoms with Crippen molar-refractivity contribution in [1.29, 1.82) is 0 Å². The zero-order valence-corrected chi connectivity index (χ0v) is 12.4. The van der Waals surface area contributed by atoms with E-state index < -0.39 is 0 Å². The minimum absolute atomic E-state index is 0.0760. The molecule has 0 unspecified atom stereocenters. The quantitative estimate of drug-likeness (QED) is 0.917. The van der Waals surface area contributed by atoms with Crippen molar-refractivity contribution >= 4 is 11.6 Å². The van der Waals surface area contributed by atoms with Gasteiger partial charge in [-0.2, -0.15) is 0 Å². The van der Waals surface area contributed by atoms with Crippen LogP contribution in [0.2, 0.25) is 0 Å². The van der Waals surface area contributed by atoms with Gasteiger partial charge in [0.15, 0.2) is 0 Å². The predicted octanol–water partition coefficient (Wildman–Crippen LogP) is 3.31. The molecule has 2 rings (SSSR count). The average molecular weight is 275 g/mol. The monoisotopic (exact) mass is 275 g/mol. The van der Waals surface area contributed by atoms with Crippen molar-refractivity contribution in [2.75, 3.05) is 25.0 Å². The number of carbonyl (C=O) groups is 1. The summed E-state index contributed by atoms with van der Waals surface area (Å²) in [5.74, 6) is 0.0760. The SMILES string of the molecule is CCCNc1ccnc(C(=O)N2CCCCCCC2)c1. The Labute approximate surface area is 121 Å². The van der Waals surface area contributed by atoms with E-state index in [-0.39, 0.29) is 5.91 Å². The van der Waals surface area contributed by atoms with Crippen molar-refractivity contribution in [3.63, 3.8) is 0 Å². The van der Waals surface area contributed by atoms with Gasteiger partial charge in [0.25, 0.3) is 5.91 Å². The van der Waals surface area contributed by atoms with Crippen LogP contribution >= 0.6 is 0 Å². The molecule has 1 amide bonds. The molecule has 0 atom stereocenters. The van der Waals surface area contributed by atoms with Crippen molar-refractivity contribution < 1.29 is 4.79 Å². The Hall–Kier alpha value is -1.58. The molecule has 4 heteroatoms. The number of aromatic nitrogens is 1. The Kier molecular flexibility index (Phi) is 5.84. The van der Waals surface area contributed by atoms with Crippen molar-refractivity contribution in [3.8, 4) is 0 Å². The van der Waals surface area contributed by atoms with Gasteiger partial charge < -0.3 is 10.2 Å². The lowest BCUT2D eigenvalue weighted by molar-refractivity contribution is 0.0736. The first-order valence-corrected chi connectivity index (χ1v) is 7.80. The number of pyridine rings is 1. The molecule has 0 spiro atoms. The normalized spacial score (nSPS) is 16.4. The molecule has 0 aliphatic carbocycles. The smallest absolute Gasteiger partial charge is 0.272 e. The van der Waals surface area contributed by atoms with E-state index >= 15 is 0 Å². The molecule has 0 bridgehead atoms. The standard InChI is InChI=1S/C16H25N3O/c1-2-9-17-14-8-10-18-15(13-14)16(20)19-11-6-4-3-5-7-12-19/h8,10,13H,2-7,9,11-12H2,1H3,(H,17,18). The number of carbonyl (C=O) groups excluding carboxylic acids is 1. The van der Waals surface area contributed by atoms with Gasteiger partial charge in [-0.05, 0) is 31.4 Å². The molecule has 1 aromatic rings. The van der Waals surface area contributed by atoms with Gasteiger partial charge in [-0.15, -0.1) is 0 Å². The summed E-state index contributed by atoms with van der Waals surface area (Å²) in [6.07, 6.45) is 8.77. The Bertz CT molecular complexity index is 425. The van der Waals surface area contributed by atoms with Crippen LogP contribution in [0.5, 0.6) is 0 Å². The molecule has 4 nitrogen and oxygen atoms in total. The predicted molar refractivity (Wildman–Crippen MR) is 82.0 cm³/mol.